The number of benzene rings is 1. The molecule has 0 radical (unpaired) electrons. The van der Waals surface area contributed by atoms with Crippen LogP contribution in [0, 0.1) is 17.8 Å². The number of carbonyl (C=O) groups is 1. The number of hydrogen-bond acceptors (Lipinski definition) is 2. The summed E-state index contributed by atoms with van der Waals surface area (Å²) >= 11 is 0. The summed E-state index contributed by atoms with van der Waals surface area (Å²) < 4.78 is 6.32. The normalized spacial score (nSPS) is 34.1. The number of rotatable bonds is 1. The molecule has 1 aliphatic heterocycles. The number of hydrogen-bond donors (Lipinski definition) is 0. The van der Waals surface area contributed by atoms with Gasteiger partial charge in [-0.25, -0.2) is 0 Å². The van der Waals surface area contributed by atoms with Crippen LogP contribution in [0.4, 0.5) is 0 Å². The zero-order valence-corrected chi connectivity index (χ0v) is 11.3. The summed E-state index contributed by atoms with van der Waals surface area (Å²) in [5.41, 5.74) is 0.498. The van der Waals surface area contributed by atoms with Gasteiger partial charge in [-0.05, 0) is 36.8 Å². The fourth-order valence-corrected chi connectivity index (χ4v) is 3.75. The van der Waals surface area contributed by atoms with Crippen LogP contribution in [-0.4, -0.2) is 11.4 Å². The van der Waals surface area contributed by atoms with Gasteiger partial charge in [0.2, 0.25) is 0 Å². The molecule has 1 aromatic carbocycles. The van der Waals surface area contributed by atoms with E-state index in [1.54, 1.807) is 0 Å². The topological polar surface area (TPSA) is 26.3 Å². The fraction of sp³-hybridized carbons (Fsp3) is 0.562. The Bertz CT molecular complexity index is 492. The molecule has 18 heavy (non-hydrogen) atoms. The van der Waals surface area contributed by atoms with Crippen LogP contribution in [0.2, 0.25) is 0 Å². The Hall–Kier alpha value is -1.31. The maximum absolute atomic E-state index is 12.7. The Morgan fingerprint density at radius 2 is 2.06 bits per heavy atom. The van der Waals surface area contributed by atoms with Gasteiger partial charge in [-0.2, -0.15) is 0 Å². The van der Waals surface area contributed by atoms with Gasteiger partial charge in [-0.3, -0.25) is 4.79 Å². The third-order valence-electron chi connectivity index (χ3n) is 4.80. The Labute approximate surface area is 108 Å². The average molecular weight is 244 g/mol. The second-order valence-corrected chi connectivity index (χ2v) is 6.07. The standard InChI is InChI=1S/C16H20O2/c1-10(2)16-9-8-11(3)14(16)15(17)12-6-4-5-7-13(12)18-16/h4-7,10-11,14H,8-9H2,1-3H3/t11-,14-,16+/m1/s1. The lowest BCUT2D eigenvalue weighted by atomic mass is 9.73. The van der Waals surface area contributed by atoms with Crippen LogP contribution < -0.4 is 4.74 Å². The molecule has 3 rings (SSSR count). The van der Waals surface area contributed by atoms with E-state index in [-0.39, 0.29) is 17.3 Å². The molecule has 0 amide bonds. The van der Waals surface area contributed by atoms with Crippen molar-refractivity contribution in [2.75, 3.05) is 0 Å². The van der Waals surface area contributed by atoms with Gasteiger partial charge >= 0.3 is 0 Å². The van der Waals surface area contributed by atoms with Crippen LogP contribution in [-0.2, 0) is 0 Å². The minimum absolute atomic E-state index is 0.0346. The minimum atomic E-state index is -0.273. The minimum Gasteiger partial charge on any atom is -0.485 e. The predicted molar refractivity (Wildman–Crippen MR) is 70.9 cm³/mol. The highest BCUT2D eigenvalue weighted by atomic mass is 16.5. The summed E-state index contributed by atoms with van der Waals surface area (Å²) in [6.45, 7) is 6.53. The highest BCUT2D eigenvalue weighted by Crippen LogP contribution is 2.52. The molecule has 1 heterocycles. The molecule has 0 N–H and O–H groups in total. The lowest BCUT2D eigenvalue weighted by Crippen LogP contribution is -2.52. The fourth-order valence-electron chi connectivity index (χ4n) is 3.75. The van der Waals surface area contributed by atoms with Crippen molar-refractivity contribution in [2.45, 2.75) is 39.2 Å². The Morgan fingerprint density at radius 1 is 1.33 bits per heavy atom. The molecule has 0 saturated heterocycles. The van der Waals surface area contributed by atoms with E-state index in [1.165, 1.54) is 0 Å². The number of Topliss-reactive ketones (excluding diaryl/α,β-unsaturated/α-hetero) is 1. The molecule has 1 aliphatic carbocycles. The van der Waals surface area contributed by atoms with E-state index < -0.39 is 0 Å². The molecule has 0 spiro atoms. The average Bonchev–Trinajstić information content (AvgIpc) is 2.69. The predicted octanol–water partition coefficient (Wildman–Crippen LogP) is 3.70. The van der Waals surface area contributed by atoms with E-state index in [1.807, 2.05) is 24.3 Å². The zero-order valence-electron chi connectivity index (χ0n) is 11.3. The molecule has 2 nitrogen and oxygen atoms in total. The van der Waals surface area contributed by atoms with Gasteiger partial charge in [0.25, 0.3) is 0 Å². The van der Waals surface area contributed by atoms with Crippen LogP contribution >= 0.6 is 0 Å². The van der Waals surface area contributed by atoms with E-state index in [0.29, 0.717) is 11.8 Å². The number of ether oxygens (including phenoxy) is 1. The lowest BCUT2D eigenvalue weighted by Gasteiger charge is -2.43. The molecule has 1 fully saturated rings. The third kappa shape index (κ3) is 1.38. The number of para-hydroxylation sites is 1. The van der Waals surface area contributed by atoms with Crippen molar-refractivity contribution in [3.05, 3.63) is 29.8 Å². The highest BCUT2D eigenvalue weighted by molar-refractivity contribution is 6.02. The van der Waals surface area contributed by atoms with Crippen molar-refractivity contribution in [1.82, 2.24) is 0 Å². The van der Waals surface area contributed by atoms with E-state index >= 15 is 0 Å². The smallest absolute Gasteiger partial charge is 0.173 e. The quantitative estimate of drug-likeness (QED) is 0.753. The second kappa shape index (κ2) is 3.84. The van der Waals surface area contributed by atoms with Gasteiger partial charge in [-0.1, -0.05) is 32.9 Å². The summed E-state index contributed by atoms with van der Waals surface area (Å²) in [5.74, 6) is 1.89. The number of carbonyl (C=O) groups excluding carboxylic acids is 1. The molecular formula is C16H20O2. The van der Waals surface area contributed by atoms with Crippen molar-refractivity contribution in [1.29, 1.82) is 0 Å². The van der Waals surface area contributed by atoms with Crippen LogP contribution in [0.25, 0.3) is 0 Å². The van der Waals surface area contributed by atoms with E-state index in [2.05, 4.69) is 20.8 Å². The van der Waals surface area contributed by atoms with Gasteiger partial charge in [0.15, 0.2) is 5.78 Å². The molecule has 2 aliphatic rings. The SMILES string of the molecule is CC(C)[C@@]12CC[C@@H](C)[C@@H]1C(=O)c1ccccc1O2. The molecular weight excluding hydrogens is 224 g/mol. The van der Waals surface area contributed by atoms with E-state index in [4.69, 9.17) is 4.74 Å². The monoisotopic (exact) mass is 244 g/mol. The maximum atomic E-state index is 12.7. The first-order valence-corrected chi connectivity index (χ1v) is 6.88. The first-order valence-electron chi connectivity index (χ1n) is 6.88. The van der Waals surface area contributed by atoms with Crippen LogP contribution in [0.15, 0.2) is 24.3 Å². The summed E-state index contributed by atoms with van der Waals surface area (Å²) in [6.07, 6.45) is 2.08. The van der Waals surface area contributed by atoms with Crippen molar-refractivity contribution in [3.63, 3.8) is 0 Å². The van der Waals surface area contributed by atoms with Crippen molar-refractivity contribution >= 4 is 5.78 Å². The Kier molecular flexibility index (Phi) is 2.51. The summed E-state index contributed by atoms with van der Waals surface area (Å²) in [6, 6.07) is 7.68. The van der Waals surface area contributed by atoms with E-state index in [0.717, 1.165) is 24.2 Å². The van der Waals surface area contributed by atoms with Crippen LogP contribution in [0.3, 0.4) is 0 Å². The van der Waals surface area contributed by atoms with Gasteiger partial charge in [-0.15, -0.1) is 0 Å². The zero-order chi connectivity index (χ0) is 12.9. The van der Waals surface area contributed by atoms with Crippen molar-refractivity contribution in [3.8, 4) is 5.75 Å². The lowest BCUT2D eigenvalue weighted by molar-refractivity contribution is -0.0228. The highest BCUT2D eigenvalue weighted by Gasteiger charge is 2.57. The molecule has 0 unspecified atom stereocenters. The molecule has 2 heteroatoms. The molecule has 96 valence electrons. The second-order valence-electron chi connectivity index (χ2n) is 6.07. The molecule has 0 aromatic heterocycles. The summed E-state index contributed by atoms with van der Waals surface area (Å²) in [5, 5.41) is 0. The molecule has 3 atom stereocenters. The van der Waals surface area contributed by atoms with Crippen molar-refractivity contribution in [2.24, 2.45) is 17.8 Å². The Morgan fingerprint density at radius 3 is 2.78 bits per heavy atom. The van der Waals surface area contributed by atoms with Gasteiger partial charge in [0, 0.05) is 0 Å². The van der Waals surface area contributed by atoms with E-state index in [9.17, 15) is 4.79 Å². The first kappa shape index (κ1) is 11.8. The van der Waals surface area contributed by atoms with Gasteiger partial charge in [0.1, 0.15) is 11.4 Å². The van der Waals surface area contributed by atoms with Crippen LogP contribution in [0.5, 0.6) is 5.75 Å². The first-order chi connectivity index (χ1) is 8.56. The maximum Gasteiger partial charge on any atom is 0.173 e. The van der Waals surface area contributed by atoms with Gasteiger partial charge < -0.3 is 4.74 Å². The number of ketones is 1. The largest absolute Gasteiger partial charge is 0.485 e. The van der Waals surface area contributed by atoms with Crippen LogP contribution in [0.1, 0.15) is 44.0 Å². The molecule has 0 bridgehead atoms. The third-order valence-corrected chi connectivity index (χ3v) is 4.80. The van der Waals surface area contributed by atoms with Crippen molar-refractivity contribution < 1.29 is 9.53 Å². The number of fused-ring (bicyclic) bond motifs is 2. The Balaban J connectivity index is 2.15. The molecule has 1 saturated carbocycles. The summed E-state index contributed by atoms with van der Waals surface area (Å²) in [7, 11) is 0. The molecule has 1 aromatic rings. The van der Waals surface area contributed by atoms with Gasteiger partial charge in [0.05, 0.1) is 11.5 Å². The summed E-state index contributed by atoms with van der Waals surface area (Å²) in [4.78, 5) is 12.7.